The lowest BCUT2D eigenvalue weighted by molar-refractivity contribution is 0.143. The first kappa shape index (κ1) is 12.7. The zero-order valence-electron chi connectivity index (χ0n) is 8.13. The maximum atomic E-state index is 10.3. The van der Waals surface area contributed by atoms with Crippen LogP contribution in [-0.2, 0) is 3.61 Å². The molecule has 0 heterocycles. The molecule has 0 aromatic heterocycles. The minimum absolute atomic E-state index is 0.703. The van der Waals surface area contributed by atoms with Crippen LogP contribution in [0.25, 0.3) is 0 Å². The Morgan fingerprint density at radius 2 is 2.00 bits per heavy atom. The summed E-state index contributed by atoms with van der Waals surface area (Å²) in [6.07, 6.45) is 3.00. The zero-order valence-corrected chi connectivity index (χ0v) is 12.4. The van der Waals surface area contributed by atoms with E-state index < -0.39 is 3.61 Å². The smallest absolute Gasteiger partial charge is 0.142 e. The summed E-state index contributed by atoms with van der Waals surface area (Å²) >= 11 is 4.41. The molecule has 1 unspecified atom stereocenters. The average molecular weight is 416 g/mol. The Morgan fingerprint density at radius 1 is 1.36 bits per heavy atom. The number of hydrogen-bond acceptors (Lipinski definition) is 1. The van der Waals surface area contributed by atoms with E-state index in [2.05, 4.69) is 52.1 Å². The molecule has 0 saturated heterocycles. The molecule has 78 valence electrons. The number of alkyl halides is 1. The normalized spacial score (nSPS) is 15.1. The summed E-state index contributed by atoms with van der Waals surface area (Å²) in [5.41, 5.74) is 1.04. The van der Waals surface area contributed by atoms with Crippen molar-refractivity contribution in [2.45, 2.75) is 29.8 Å². The number of hydrogen-bond donors (Lipinski definition) is 1. The summed E-state index contributed by atoms with van der Waals surface area (Å²) in [5.74, 6) is 0. The van der Waals surface area contributed by atoms with Gasteiger partial charge in [0.2, 0.25) is 0 Å². The van der Waals surface area contributed by atoms with Gasteiger partial charge in [0, 0.05) is 9.13 Å². The fourth-order valence-corrected chi connectivity index (χ4v) is 3.52. The van der Waals surface area contributed by atoms with Crippen molar-refractivity contribution in [1.82, 2.24) is 0 Å². The fraction of sp³-hybridized carbons (Fsp3) is 0.455. The Hall–Kier alpha value is 0.640. The molecule has 0 aliphatic rings. The highest BCUT2D eigenvalue weighted by molar-refractivity contribution is 14.1. The SMILES string of the molecule is CCCCC(O)(I)c1ccccc1I. The van der Waals surface area contributed by atoms with Crippen LogP contribution in [0.3, 0.4) is 0 Å². The lowest BCUT2D eigenvalue weighted by atomic mass is 10.0. The van der Waals surface area contributed by atoms with Gasteiger partial charge >= 0.3 is 0 Å². The van der Waals surface area contributed by atoms with Crippen LogP contribution in [-0.4, -0.2) is 5.11 Å². The Kier molecular flexibility index (Phi) is 5.13. The van der Waals surface area contributed by atoms with Crippen molar-refractivity contribution in [3.8, 4) is 0 Å². The van der Waals surface area contributed by atoms with E-state index in [0.29, 0.717) is 0 Å². The highest BCUT2D eigenvalue weighted by atomic mass is 127. The predicted molar refractivity (Wildman–Crippen MR) is 76.6 cm³/mol. The molecule has 0 spiro atoms. The summed E-state index contributed by atoms with van der Waals surface area (Å²) in [6.45, 7) is 2.14. The van der Waals surface area contributed by atoms with Crippen LogP contribution in [0.4, 0.5) is 0 Å². The molecule has 1 aromatic rings. The number of unbranched alkanes of at least 4 members (excludes halogenated alkanes) is 1. The predicted octanol–water partition coefficient (Wildman–Crippen LogP) is 4.06. The molecule has 0 bridgehead atoms. The van der Waals surface area contributed by atoms with Crippen molar-refractivity contribution in [1.29, 1.82) is 0 Å². The third kappa shape index (κ3) is 3.34. The molecule has 1 N–H and O–H groups in total. The second kappa shape index (κ2) is 5.65. The first-order chi connectivity index (χ1) is 6.58. The van der Waals surface area contributed by atoms with Gasteiger partial charge in [-0.2, -0.15) is 0 Å². The summed E-state index contributed by atoms with van der Waals surface area (Å²) in [4.78, 5) is 0. The molecule has 0 aliphatic carbocycles. The molecule has 1 nitrogen and oxygen atoms in total. The number of halogens is 2. The molecular weight excluding hydrogens is 402 g/mol. The Morgan fingerprint density at radius 3 is 2.57 bits per heavy atom. The number of aliphatic hydroxyl groups is 1. The molecule has 1 atom stereocenters. The second-order valence-corrected chi connectivity index (χ2v) is 6.29. The van der Waals surface area contributed by atoms with Gasteiger partial charge in [0.1, 0.15) is 3.61 Å². The summed E-state index contributed by atoms with van der Waals surface area (Å²) < 4.78 is 0.434. The van der Waals surface area contributed by atoms with E-state index in [1.54, 1.807) is 0 Å². The molecule has 0 radical (unpaired) electrons. The van der Waals surface area contributed by atoms with E-state index in [1.165, 1.54) is 0 Å². The van der Waals surface area contributed by atoms with Crippen LogP contribution < -0.4 is 0 Å². The fourth-order valence-electron chi connectivity index (χ4n) is 1.32. The molecule has 14 heavy (non-hydrogen) atoms. The van der Waals surface area contributed by atoms with Gasteiger partial charge in [-0.25, -0.2) is 0 Å². The monoisotopic (exact) mass is 416 g/mol. The van der Waals surface area contributed by atoms with Crippen LogP contribution in [0.1, 0.15) is 31.7 Å². The number of benzene rings is 1. The largest absolute Gasteiger partial charge is 0.375 e. The molecule has 0 aliphatic heterocycles. The third-order valence-corrected chi connectivity index (χ3v) is 4.21. The molecule has 0 amide bonds. The second-order valence-electron chi connectivity index (χ2n) is 3.34. The molecular formula is C11H14I2O. The third-order valence-electron chi connectivity index (χ3n) is 2.15. The molecule has 0 fully saturated rings. The van der Waals surface area contributed by atoms with E-state index in [-0.39, 0.29) is 0 Å². The van der Waals surface area contributed by atoms with Crippen molar-refractivity contribution >= 4 is 45.2 Å². The maximum Gasteiger partial charge on any atom is 0.142 e. The van der Waals surface area contributed by atoms with Gasteiger partial charge in [0.05, 0.1) is 0 Å². The lowest BCUT2D eigenvalue weighted by Gasteiger charge is -2.22. The molecule has 1 rings (SSSR count). The van der Waals surface area contributed by atoms with E-state index in [1.807, 2.05) is 24.3 Å². The minimum atomic E-state index is -0.703. The first-order valence-corrected chi connectivity index (χ1v) is 6.90. The zero-order chi connectivity index (χ0) is 10.6. The van der Waals surface area contributed by atoms with E-state index in [0.717, 1.165) is 28.4 Å². The number of rotatable bonds is 4. The molecule has 0 saturated carbocycles. The van der Waals surface area contributed by atoms with Crippen LogP contribution in [0.15, 0.2) is 24.3 Å². The van der Waals surface area contributed by atoms with Crippen molar-refractivity contribution in [2.75, 3.05) is 0 Å². The Bertz CT molecular complexity index is 297. The highest BCUT2D eigenvalue weighted by Gasteiger charge is 2.26. The van der Waals surface area contributed by atoms with Crippen LogP contribution >= 0.6 is 45.2 Å². The summed E-state index contributed by atoms with van der Waals surface area (Å²) in [5, 5.41) is 10.3. The van der Waals surface area contributed by atoms with Gasteiger partial charge in [0.25, 0.3) is 0 Å². The van der Waals surface area contributed by atoms with E-state index in [4.69, 9.17) is 0 Å². The van der Waals surface area contributed by atoms with E-state index in [9.17, 15) is 5.11 Å². The standard InChI is InChI=1S/C11H14I2O/c1-2-3-8-11(13,14)9-6-4-5-7-10(9)12/h4-7,14H,2-3,8H2,1H3. The van der Waals surface area contributed by atoms with Crippen LogP contribution in [0.5, 0.6) is 0 Å². The average Bonchev–Trinajstić information content (AvgIpc) is 2.15. The maximum absolute atomic E-state index is 10.3. The minimum Gasteiger partial charge on any atom is -0.375 e. The topological polar surface area (TPSA) is 20.2 Å². The van der Waals surface area contributed by atoms with Crippen molar-refractivity contribution < 1.29 is 5.11 Å². The van der Waals surface area contributed by atoms with Gasteiger partial charge in [-0.1, -0.05) is 31.5 Å². The van der Waals surface area contributed by atoms with Gasteiger partial charge < -0.3 is 5.11 Å². The van der Waals surface area contributed by atoms with Gasteiger partial charge in [-0.05, 0) is 64.1 Å². The summed E-state index contributed by atoms with van der Waals surface area (Å²) in [7, 11) is 0. The van der Waals surface area contributed by atoms with Gasteiger partial charge in [-0.15, -0.1) is 0 Å². The van der Waals surface area contributed by atoms with Crippen LogP contribution in [0, 0.1) is 3.57 Å². The van der Waals surface area contributed by atoms with Crippen LogP contribution in [0.2, 0.25) is 0 Å². The van der Waals surface area contributed by atoms with Crippen molar-refractivity contribution in [2.24, 2.45) is 0 Å². The quantitative estimate of drug-likeness (QED) is 0.580. The van der Waals surface area contributed by atoms with E-state index >= 15 is 0 Å². The molecule has 3 heteroatoms. The lowest BCUT2D eigenvalue weighted by Crippen LogP contribution is -2.18. The van der Waals surface area contributed by atoms with Gasteiger partial charge in [-0.3, -0.25) is 0 Å². The van der Waals surface area contributed by atoms with Gasteiger partial charge in [0.15, 0.2) is 0 Å². The first-order valence-electron chi connectivity index (χ1n) is 4.74. The highest BCUT2D eigenvalue weighted by Crippen LogP contribution is 2.36. The summed E-state index contributed by atoms with van der Waals surface area (Å²) in [6, 6.07) is 8.01. The Labute approximate surface area is 113 Å². The molecule has 1 aromatic carbocycles. The Balaban J connectivity index is 2.86. The van der Waals surface area contributed by atoms with Crippen molar-refractivity contribution in [3.63, 3.8) is 0 Å². The van der Waals surface area contributed by atoms with Crippen molar-refractivity contribution in [3.05, 3.63) is 33.4 Å².